The molecule has 1 amide bonds. The number of hydrogen-bond donors (Lipinski definition) is 1. The minimum atomic E-state index is -0.335. The van der Waals surface area contributed by atoms with Crippen LogP contribution >= 0.6 is 0 Å². The number of carbonyl (C=O) groups is 1. The highest BCUT2D eigenvalue weighted by molar-refractivity contribution is 5.91. The van der Waals surface area contributed by atoms with Crippen molar-refractivity contribution in [3.63, 3.8) is 0 Å². The van der Waals surface area contributed by atoms with Crippen LogP contribution in [0.5, 0.6) is 0 Å². The molecule has 7 heteroatoms. The highest BCUT2D eigenvalue weighted by Gasteiger charge is 2.16. The molecular weight excluding hydrogens is 321 g/mol. The van der Waals surface area contributed by atoms with Crippen LogP contribution in [0.2, 0.25) is 0 Å². The molecule has 0 unspecified atom stereocenters. The summed E-state index contributed by atoms with van der Waals surface area (Å²) >= 11 is 0. The molecular formula is C18H26FN5O. The van der Waals surface area contributed by atoms with Crippen LogP contribution in [-0.2, 0) is 0 Å². The largest absolute Gasteiger partial charge is 0.351 e. The van der Waals surface area contributed by atoms with E-state index < -0.39 is 0 Å². The normalized spacial score (nSPS) is 12.4. The molecule has 1 heterocycles. The van der Waals surface area contributed by atoms with Gasteiger partial charge in [-0.05, 0) is 39.0 Å². The minimum absolute atomic E-state index is 0.242. The Kier molecular flexibility index (Phi) is 7.06. The van der Waals surface area contributed by atoms with Gasteiger partial charge in [0.15, 0.2) is 5.69 Å². The Balaban J connectivity index is 1.90. The summed E-state index contributed by atoms with van der Waals surface area (Å²) in [7, 11) is 0. The molecule has 136 valence electrons. The van der Waals surface area contributed by atoms with Crippen molar-refractivity contribution in [3.8, 4) is 0 Å². The third kappa shape index (κ3) is 5.09. The molecule has 25 heavy (non-hydrogen) atoms. The number of nitrogens with zero attached hydrogens (tertiary/aromatic N) is 4. The van der Waals surface area contributed by atoms with Gasteiger partial charge in [0.2, 0.25) is 0 Å². The number of halogens is 1. The molecule has 0 aliphatic carbocycles. The van der Waals surface area contributed by atoms with Crippen LogP contribution < -0.4 is 5.32 Å². The molecule has 0 aliphatic heterocycles. The maximum Gasteiger partial charge on any atom is 0.273 e. The molecule has 0 aliphatic rings. The summed E-state index contributed by atoms with van der Waals surface area (Å²) in [5.74, 6) is -0.556. The molecule has 2 aromatic rings. The van der Waals surface area contributed by atoms with E-state index in [4.69, 9.17) is 0 Å². The quantitative estimate of drug-likeness (QED) is 0.708. The number of benzene rings is 1. The second-order valence-corrected chi connectivity index (χ2v) is 5.92. The zero-order chi connectivity index (χ0) is 18.2. The first kappa shape index (κ1) is 19.1. The lowest BCUT2D eigenvalue weighted by atomic mass is 10.1. The van der Waals surface area contributed by atoms with Gasteiger partial charge in [0, 0.05) is 12.1 Å². The van der Waals surface area contributed by atoms with Crippen molar-refractivity contribution in [3.05, 3.63) is 47.5 Å². The van der Waals surface area contributed by atoms with E-state index in [-0.39, 0.29) is 23.5 Å². The van der Waals surface area contributed by atoms with Crippen LogP contribution in [-0.4, -0.2) is 52.0 Å². The number of amides is 1. The van der Waals surface area contributed by atoms with E-state index in [2.05, 4.69) is 34.4 Å². The summed E-state index contributed by atoms with van der Waals surface area (Å²) in [6.45, 7) is 9.61. The monoisotopic (exact) mass is 347 g/mol. The maximum atomic E-state index is 13.9. The SMILES string of the molecule is CCN(CC)CCCNC(=O)c1cn([C@H](C)c2ccccc2F)nn1. The number of hydrogen-bond acceptors (Lipinski definition) is 4. The standard InChI is InChI=1S/C18H26FN5O/c1-4-23(5-2)12-8-11-20-18(25)17-13-24(22-21-17)14(3)15-9-6-7-10-16(15)19/h6-7,9-10,13-14H,4-5,8,11-12H2,1-3H3,(H,20,25)/t14-/m1/s1. The van der Waals surface area contributed by atoms with Crippen LogP contribution in [0, 0.1) is 5.82 Å². The average Bonchev–Trinajstić information content (AvgIpc) is 3.12. The molecule has 1 atom stereocenters. The summed E-state index contributed by atoms with van der Waals surface area (Å²) in [4.78, 5) is 14.5. The minimum Gasteiger partial charge on any atom is -0.351 e. The number of rotatable bonds is 9. The smallest absolute Gasteiger partial charge is 0.273 e. The maximum absolute atomic E-state index is 13.9. The van der Waals surface area contributed by atoms with E-state index in [0.29, 0.717) is 12.1 Å². The van der Waals surface area contributed by atoms with Crippen LogP contribution in [0.3, 0.4) is 0 Å². The summed E-state index contributed by atoms with van der Waals surface area (Å²) in [6, 6.07) is 6.19. The third-order valence-electron chi connectivity index (χ3n) is 4.33. The topological polar surface area (TPSA) is 63.1 Å². The average molecular weight is 347 g/mol. The lowest BCUT2D eigenvalue weighted by molar-refractivity contribution is 0.0946. The molecule has 2 rings (SSSR count). The van der Waals surface area contributed by atoms with E-state index in [1.54, 1.807) is 24.4 Å². The zero-order valence-electron chi connectivity index (χ0n) is 15.1. The molecule has 1 aromatic heterocycles. The van der Waals surface area contributed by atoms with Crippen molar-refractivity contribution in [2.24, 2.45) is 0 Å². The van der Waals surface area contributed by atoms with Crippen LogP contribution in [0.4, 0.5) is 4.39 Å². The first-order valence-corrected chi connectivity index (χ1v) is 8.73. The van der Waals surface area contributed by atoms with Crippen molar-refractivity contribution < 1.29 is 9.18 Å². The fourth-order valence-electron chi connectivity index (χ4n) is 2.66. The Labute approximate surface area is 148 Å². The van der Waals surface area contributed by atoms with Crippen LogP contribution in [0.1, 0.15) is 49.3 Å². The van der Waals surface area contributed by atoms with Gasteiger partial charge in [-0.1, -0.05) is 37.3 Å². The fourth-order valence-corrected chi connectivity index (χ4v) is 2.66. The Morgan fingerprint density at radius 1 is 1.32 bits per heavy atom. The summed E-state index contributed by atoms with van der Waals surface area (Å²) < 4.78 is 15.4. The van der Waals surface area contributed by atoms with Crippen LogP contribution in [0.25, 0.3) is 0 Å². The Hall–Kier alpha value is -2.28. The second kappa shape index (κ2) is 9.27. The molecule has 0 saturated heterocycles. The fraction of sp³-hybridized carbons (Fsp3) is 0.500. The van der Waals surface area contributed by atoms with E-state index >= 15 is 0 Å². The first-order valence-electron chi connectivity index (χ1n) is 8.73. The molecule has 0 spiro atoms. The Morgan fingerprint density at radius 3 is 2.72 bits per heavy atom. The van der Waals surface area contributed by atoms with Crippen molar-refractivity contribution in [1.29, 1.82) is 0 Å². The third-order valence-corrected chi connectivity index (χ3v) is 4.33. The van der Waals surface area contributed by atoms with Gasteiger partial charge in [0.25, 0.3) is 5.91 Å². The van der Waals surface area contributed by atoms with Crippen LogP contribution in [0.15, 0.2) is 30.5 Å². The number of carbonyl (C=O) groups excluding carboxylic acids is 1. The van der Waals surface area contributed by atoms with Gasteiger partial charge in [0.05, 0.1) is 12.2 Å². The molecule has 1 aromatic carbocycles. The van der Waals surface area contributed by atoms with Crippen molar-refractivity contribution in [2.45, 2.75) is 33.2 Å². The highest BCUT2D eigenvalue weighted by Crippen LogP contribution is 2.19. The lowest BCUT2D eigenvalue weighted by Crippen LogP contribution is -2.30. The molecule has 0 radical (unpaired) electrons. The van der Waals surface area contributed by atoms with Crippen molar-refractivity contribution in [2.75, 3.05) is 26.2 Å². The van der Waals surface area contributed by atoms with Gasteiger partial charge in [0.1, 0.15) is 5.82 Å². The van der Waals surface area contributed by atoms with Gasteiger partial charge >= 0.3 is 0 Å². The highest BCUT2D eigenvalue weighted by atomic mass is 19.1. The Bertz CT molecular complexity index is 684. The molecule has 0 fully saturated rings. The van der Waals surface area contributed by atoms with E-state index in [9.17, 15) is 9.18 Å². The van der Waals surface area contributed by atoms with Gasteiger partial charge in [-0.2, -0.15) is 0 Å². The van der Waals surface area contributed by atoms with Gasteiger partial charge < -0.3 is 10.2 Å². The van der Waals surface area contributed by atoms with E-state index in [0.717, 1.165) is 26.1 Å². The van der Waals surface area contributed by atoms with Crippen molar-refractivity contribution in [1.82, 2.24) is 25.2 Å². The number of aromatic nitrogens is 3. The van der Waals surface area contributed by atoms with E-state index in [1.165, 1.54) is 10.7 Å². The Morgan fingerprint density at radius 2 is 2.04 bits per heavy atom. The lowest BCUT2D eigenvalue weighted by Gasteiger charge is -2.17. The van der Waals surface area contributed by atoms with Crippen molar-refractivity contribution >= 4 is 5.91 Å². The molecule has 0 bridgehead atoms. The molecule has 6 nitrogen and oxygen atoms in total. The van der Waals surface area contributed by atoms with Gasteiger partial charge in [-0.25, -0.2) is 9.07 Å². The summed E-state index contributed by atoms with van der Waals surface area (Å²) in [5.41, 5.74) is 0.754. The molecule has 1 N–H and O–H groups in total. The predicted octanol–water partition coefficient (Wildman–Crippen LogP) is 2.49. The first-order chi connectivity index (χ1) is 12.1. The predicted molar refractivity (Wildman–Crippen MR) is 95.0 cm³/mol. The van der Waals surface area contributed by atoms with E-state index in [1.807, 2.05) is 6.92 Å². The van der Waals surface area contributed by atoms with Gasteiger partial charge in [-0.15, -0.1) is 5.10 Å². The number of nitrogens with one attached hydrogen (secondary N) is 1. The van der Waals surface area contributed by atoms with Gasteiger partial charge in [-0.3, -0.25) is 4.79 Å². The zero-order valence-corrected chi connectivity index (χ0v) is 15.1. The second-order valence-electron chi connectivity index (χ2n) is 5.92. The summed E-state index contributed by atoms with van der Waals surface area (Å²) in [6.07, 6.45) is 2.43. The molecule has 0 saturated carbocycles. The summed E-state index contributed by atoms with van der Waals surface area (Å²) in [5, 5.41) is 10.7.